The number of hydrogen-bond donors (Lipinski definition) is 2. The number of amides is 1. The molecule has 0 saturated heterocycles. The van der Waals surface area contributed by atoms with Gasteiger partial charge in [0.05, 0.1) is 23.6 Å². The van der Waals surface area contributed by atoms with Crippen molar-refractivity contribution in [3.8, 4) is 0 Å². The van der Waals surface area contributed by atoms with Crippen LogP contribution in [0.1, 0.15) is 16.1 Å². The van der Waals surface area contributed by atoms with Gasteiger partial charge in [-0.05, 0) is 18.2 Å². The minimum atomic E-state index is -0.545. The third kappa shape index (κ3) is 2.82. The van der Waals surface area contributed by atoms with Crippen LogP contribution in [0.4, 0.5) is 4.39 Å². The summed E-state index contributed by atoms with van der Waals surface area (Å²) in [5.74, 6) is -0.863. The number of H-pyrrole nitrogens is 1. The number of nitrogens with zero attached hydrogens (tertiary/aromatic N) is 1. The molecule has 0 radical (unpaired) electrons. The molecule has 6 heteroatoms. The van der Waals surface area contributed by atoms with E-state index in [9.17, 15) is 9.18 Å². The quantitative estimate of drug-likeness (QED) is 0.880. The topological polar surface area (TPSA) is 57.8 Å². The number of hydrogen-bond acceptors (Lipinski definition) is 2. The van der Waals surface area contributed by atoms with Gasteiger partial charge in [-0.2, -0.15) is 0 Å². The van der Waals surface area contributed by atoms with Crippen LogP contribution in [0.5, 0.6) is 0 Å². The van der Waals surface area contributed by atoms with Crippen molar-refractivity contribution in [3.63, 3.8) is 0 Å². The van der Waals surface area contributed by atoms with Crippen LogP contribution >= 0.6 is 11.6 Å². The van der Waals surface area contributed by atoms with Gasteiger partial charge in [-0.25, -0.2) is 9.37 Å². The lowest BCUT2D eigenvalue weighted by atomic mass is 10.2. The molecule has 0 atom stereocenters. The molecule has 0 aliphatic rings. The molecule has 4 nitrogen and oxygen atoms in total. The first-order valence-electron chi connectivity index (χ1n) is 4.87. The minimum Gasteiger partial charge on any atom is -0.347 e. The van der Waals surface area contributed by atoms with Crippen molar-refractivity contribution in [2.75, 3.05) is 0 Å². The van der Waals surface area contributed by atoms with E-state index in [1.54, 1.807) is 6.20 Å². The Morgan fingerprint density at radius 3 is 3.00 bits per heavy atom. The molecule has 1 amide bonds. The number of imidazole rings is 1. The van der Waals surface area contributed by atoms with E-state index in [-0.39, 0.29) is 10.9 Å². The average Bonchev–Trinajstić information content (AvgIpc) is 2.82. The number of halogens is 2. The molecule has 2 N–H and O–H groups in total. The summed E-state index contributed by atoms with van der Waals surface area (Å²) in [6.07, 6.45) is 3.13. The van der Waals surface area contributed by atoms with Crippen molar-refractivity contribution in [1.82, 2.24) is 15.3 Å². The van der Waals surface area contributed by atoms with E-state index in [0.717, 1.165) is 11.8 Å². The largest absolute Gasteiger partial charge is 0.347 e. The minimum absolute atomic E-state index is 0.0702. The number of aromatic nitrogens is 2. The first kappa shape index (κ1) is 11.6. The third-order valence-corrected chi connectivity index (χ3v) is 2.47. The van der Waals surface area contributed by atoms with Gasteiger partial charge in [0.15, 0.2) is 0 Å². The summed E-state index contributed by atoms with van der Waals surface area (Å²) in [6.45, 7) is 0.327. The Morgan fingerprint density at radius 2 is 2.35 bits per heavy atom. The van der Waals surface area contributed by atoms with Crippen LogP contribution in [0.25, 0.3) is 0 Å². The Bertz CT molecular complexity index is 528. The van der Waals surface area contributed by atoms with Gasteiger partial charge in [0, 0.05) is 11.8 Å². The fourth-order valence-corrected chi connectivity index (χ4v) is 1.48. The molecule has 88 valence electrons. The van der Waals surface area contributed by atoms with Gasteiger partial charge in [0.2, 0.25) is 0 Å². The van der Waals surface area contributed by atoms with E-state index >= 15 is 0 Å². The molecule has 2 rings (SSSR count). The van der Waals surface area contributed by atoms with Crippen LogP contribution in [0.2, 0.25) is 5.02 Å². The zero-order valence-corrected chi connectivity index (χ0v) is 9.46. The summed E-state index contributed by atoms with van der Waals surface area (Å²) in [7, 11) is 0. The number of carbonyl (C=O) groups is 1. The molecule has 1 heterocycles. The highest BCUT2D eigenvalue weighted by atomic mass is 35.5. The molecule has 0 aliphatic heterocycles. The van der Waals surface area contributed by atoms with E-state index in [1.807, 2.05) is 0 Å². The number of benzene rings is 1. The normalized spacial score (nSPS) is 10.2. The van der Waals surface area contributed by atoms with E-state index in [1.165, 1.54) is 18.5 Å². The number of carbonyl (C=O) groups excluding carboxylic acids is 1. The summed E-state index contributed by atoms with van der Waals surface area (Å²) in [5.41, 5.74) is 1.10. The lowest BCUT2D eigenvalue weighted by molar-refractivity contribution is 0.0950. The zero-order valence-electron chi connectivity index (χ0n) is 8.71. The Balaban J connectivity index is 2.02. The van der Waals surface area contributed by atoms with Crippen LogP contribution in [-0.4, -0.2) is 15.9 Å². The third-order valence-electron chi connectivity index (χ3n) is 2.18. The standard InChI is InChI=1S/C11H9ClFN3O/c12-9-3-7(1-2-10(9)13)11(17)15-5-8-4-14-6-16-8/h1-4,6H,5H2,(H,14,16)(H,15,17). The Morgan fingerprint density at radius 1 is 1.53 bits per heavy atom. The highest BCUT2D eigenvalue weighted by molar-refractivity contribution is 6.31. The van der Waals surface area contributed by atoms with Crippen molar-refractivity contribution in [3.05, 3.63) is 52.8 Å². The highest BCUT2D eigenvalue weighted by Gasteiger charge is 2.08. The Hall–Kier alpha value is -1.88. The van der Waals surface area contributed by atoms with Gasteiger partial charge in [0.1, 0.15) is 5.82 Å². The maximum absolute atomic E-state index is 12.9. The lowest BCUT2D eigenvalue weighted by Crippen LogP contribution is -2.22. The fourth-order valence-electron chi connectivity index (χ4n) is 1.30. The fraction of sp³-hybridized carbons (Fsp3) is 0.0909. The predicted octanol–water partition coefficient (Wildman–Crippen LogP) is 2.13. The number of rotatable bonds is 3. The van der Waals surface area contributed by atoms with E-state index in [0.29, 0.717) is 12.1 Å². The average molecular weight is 254 g/mol. The molecule has 2 aromatic rings. The molecule has 17 heavy (non-hydrogen) atoms. The Labute approximate surface area is 102 Å². The number of aromatic amines is 1. The molecule has 0 fully saturated rings. The van der Waals surface area contributed by atoms with Crippen molar-refractivity contribution in [2.24, 2.45) is 0 Å². The van der Waals surface area contributed by atoms with E-state index in [2.05, 4.69) is 15.3 Å². The van der Waals surface area contributed by atoms with Crippen LogP contribution in [0, 0.1) is 5.82 Å². The first-order valence-corrected chi connectivity index (χ1v) is 5.25. The predicted molar refractivity (Wildman–Crippen MR) is 61.2 cm³/mol. The van der Waals surface area contributed by atoms with Crippen molar-refractivity contribution in [1.29, 1.82) is 0 Å². The molecule has 0 aliphatic carbocycles. The molecule has 0 saturated carbocycles. The van der Waals surface area contributed by atoms with Crippen molar-refractivity contribution >= 4 is 17.5 Å². The van der Waals surface area contributed by atoms with Crippen LogP contribution in [0.3, 0.4) is 0 Å². The van der Waals surface area contributed by atoms with Crippen LogP contribution in [0.15, 0.2) is 30.7 Å². The smallest absolute Gasteiger partial charge is 0.251 e. The first-order chi connectivity index (χ1) is 8.16. The lowest BCUT2D eigenvalue weighted by Gasteiger charge is -2.04. The molecule has 1 aromatic heterocycles. The van der Waals surface area contributed by atoms with Gasteiger partial charge in [-0.1, -0.05) is 11.6 Å². The number of nitrogens with one attached hydrogen (secondary N) is 2. The summed E-state index contributed by atoms with van der Waals surface area (Å²) in [5, 5.41) is 2.59. The van der Waals surface area contributed by atoms with Crippen molar-refractivity contribution in [2.45, 2.75) is 6.54 Å². The van der Waals surface area contributed by atoms with Crippen LogP contribution in [-0.2, 0) is 6.54 Å². The summed E-state index contributed by atoms with van der Waals surface area (Å²) in [4.78, 5) is 18.4. The summed E-state index contributed by atoms with van der Waals surface area (Å²) >= 11 is 5.59. The maximum atomic E-state index is 12.9. The molecular weight excluding hydrogens is 245 g/mol. The second-order valence-electron chi connectivity index (χ2n) is 3.39. The zero-order chi connectivity index (χ0) is 12.3. The van der Waals surface area contributed by atoms with Gasteiger partial charge in [-0.3, -0.25) is 4.79 Å². The maximum Gasteiger partial charge on any atom is 0.251 e. The van der Waals surface area contributed by atoms with Gasteiger partial charge < -0.3 is 10.3 Å². The van der Waals surface area contributed by atoms with E-state index in [4.69, 9.17) is 11.6 Å². The molecule has 1 aromatic carbocycles. The molecule has 0 spiro atoms. The molecule has 0 unspecified atom stereocenters. The molecule has 0 bridgehead atoms. The van der Waals surface area contributed by atoms with Gasteiger partial charge in [-0.15, -0.1) is 0 Å². The Kier molecular flexibility index (Phi) is 3.39. The van der Waals surface area contributed by atoms with Gasteiger partial charge >= 0.3 is 0 Å². The van der Waals surface area contributed by atoms with E-state index < -0.39 is 5.82 Å². The molecular formula is C11H9ClFN3O. The second-order valence-corrected chi connectivity index (χ2v) is 3.80. The van der Waals surface area contributed by atoms with Crippen LogP contribution < -0.4 is 5.32 Å². The SMILES string of the molecule is O=C(NCc1cnc[nH]1)c1ccc(F)c(Cl)c1. The van der Waals surface area contributed by atoms with Gasteiger partial charge in [0.25, 0.3) is 5.91 Å². The highest BCUT2D eigenvalue weighted by Crippen LogP contribution is 2.15. The van der Waals surface area contributed by atoms with Crippen molar-refractivity contribution < 1.29 is 9.18 Å². The monoisotopic (exact) mass is 253 g/mol. The summed E-state index contributed by atoms with van der Waals surface area (Å²) < 4.78 is 12.9. The summed E-state index contributed by atoms with van der Waals surface area (Å²) in [6, 6.07) is 3.83. The second kappa shape index (κ2) is 4.97.